The fourth-order valence-electron chi connectivity index (χ4n) is 2.65. The van der Waals surface area contributed by atoms with Crippen molar-refractivity contribution in [1.82, 2.24) is 0 Å². The molecule has 0 amide bonds. The first-order valence-corrected chi connectivity index (χ1v) is 6.40. The Labute approximate surface area is 108 Å². The predicted molar refractivity (Wildman–Crippen MR) is 69.9 cm³/mol. The number of aliphatic hydroxyl groups is 1. The van der Waals surface area contributed by atoms with Gasteiger partial charge in [0.15, 0.2) is 0 Å². The zero-order valence-corrected chi connectivity index (χ0v) is 11.0. The summed E-state index contributed by atoms with van der Waals surface area (Å²) in [4.78, 5) is 11.6. The first-order chi connectivity index (χ1) is 8.49. The average Bonchev–Trinajstić information content (AvgIpc) is 2.53. The van der Waals surface area contributed by atoms with Crippen LogP contribution in [0.1, 0.15) is 33.1 Å². The Kier molecular flexibility index (Phi) is 3.71. The van der Waals surface area contributed by atoms with Crippen LogP contribution in [-0.4, -0.2) is 23.3 Å². The van der Waals surface area contributed by atoms with Crippen LogP contribution >= 0.6 is 0 Å². The Hall–Kier alpha value is -1.35. The van der Waals surface area contributed by atoms with Gasteiger partial charge in [0.2, 0.25) is 0 Å². The van der Waals surface area contributed by atoms with Gasteiger partial charge in [-0.2, -0.15) is 0 Å². The van der Waals surface area contributed by atoms with E-state index in [4.69, 9.17) is 4.74 Å². The zero-order valence-electron chi connectivity index (χ0n) is 11.0. The Bertz CT molecular complexity index is 431. The summed E-state index contributed by atoms with van der Waals surface area (Å²) in [6.07, 6.45) is 5.65. The molecular weight excluding hydrogens is 228 g/mol. The molecule has 3 nitrogen and oxygen atoms in total. The average molecular weight is 248 g/mol. The summed E-state index contributed by atoms with van der Waals surface area (Å²) in [5.74, 6) is -0.692. The molecule has 2 aliphatic rings. The molecule has 1 heterocycles. The molecule has 2 rings (SSSR count). The molecule has 1 aliphatic carbocycles. The fourth-order valence-corrected chi connectivity index (χ4v) is 2.65. The van der Waals surface area contributed by atoms with Gasteiger partial charge < -0.3 is 9.84 Å². The first-order valence-electron chi connectivity index (χ1n) is 6.40. The maximum atomic E-state index is 11.6. The molecule has 3 heteroatoms. The molecule has 18 heavy (non-hydrogen) atoms. The molecule has 0 bridgehead atoms. The van der Waals surface area contributed by atoms with Gasteiger partial charge >= 0.3 is 5.97 Å². The van der Waals surface area contributed by atoms with Crippen molar-refractivity contribution in [3.8, 4) is 0 Å². The van der Waals surface area contributed by atoms with E-state index in [9.17, 15) is 9.90 Å². The van der Waals surface area contributed by atoms with Gasteiger partial charge in [-0.3, -0.25) is 0 Å². The van der Waals surface area contributed by atoms with Crippen LogP contribution in [0.2, 0.25) is 0 Å². The summed E-state index contributed by atoms with van der Waals surface area (Å²) in [6.45, 7) is 7.81. The zero-order chi connectivity index (χ0) is 13.3. The van der Waals surface area contributed by atoms with Gasteiger partial charge in [-0.15, -0.1) is 0 Å². The lowest BCUT2D eigenvalue weighted by Gasteiger charge is -2.23. The molecule has 1 fully saturated rings. The van der Waals surface area contributed by atoms with Crippen molar-refractivity contribution >= 4 is 5.97 Å². The van der Waals surface area contributed by atoms with Gasteiger partial charge in [0.1, 0.15) is 6.10 Å². The minimum absolute atomic E-state index is 0.311. The van der Waals surface area contributed by atoms with Gasteiger partial charge in [-0.25, -0.2) is 4.79 Å². The molecule has 0 radical (unpaired) electrons. The Morgan fingerprint density at radius 3 is 2.83 bits per heavy atom. The van der Waals surface area contributed by atoms with E-state index in [1.165, 1.54) is 5.57 Å². The van der Waals surface area contributed by atoms with Crippen molar-refractivity contribution in [2.45, 2.75) is 45.3 Å². The van der Waals surface area contributed by atoms with Crippen molar-refractivity contribution in [3.05, 3.63) is 35.5 Å². The lowest BCUT2D eigenvalue weighted by atomic mass is 9.86. The molecule has 1 unspecified atom stereocenters. The molecule has 0 saturated carbocycles. The summed E-state index contributed by atoms with van der Waals surface area (Å²) in [6, 6.07) is 0. The van der Waals surface area contributed by atoms with Crippen molar-refractivity contribution in [1.29, 1.82) is 0 Å². The molecule has 1 aliphatic heterocycles. The highest BCUT2D eigenvalue weighted by molar-refractivity contribution is 5.91. The highest BCUT2D eigenvalue weighted by Gasteiger charge is 2.41. The molecular formula is C15H20O3. The van der Waals surface area contributed by atoms with Crippen LogP contribution in [0.4, 0.5) is 0 Å². The van der Waals surface area contributed by atoms with Gasteiger partial charge in [0.05, 0.1) is 12.0 Å². The topological polar surface area (TPSA) is 46.5 Å². The van der Waals surface area contributed by atoms with E-state index in [1.807, 2.05) is 19.9 Å². The number of rotatable bonds is 0. The molecule has 1 saturated heterocycles. The monoisotopic (exact) mass is 248 g/mol. The van der Waals surface area contributed by atoms with Crippen LogP contribution in [0.25, 0.3) is 0 Å². The van der Waals surface area contributed by atoms with Gasteiger partial charge in [-0.05, 0) is 39.2 Å². The lowest BCUT2D eigenvalue weighted by Crippen LogP contribution is -2.28. The van der Waals surface area contributed by atoms with Crippen LogP contribution in [-0.2, 0) is 9.53 Å². The Morgan fingerprint density at radius 1 is 1.39 bits per heavy atom. The van der Waals surface area contributed by atoms with Crippen LogP contribution in [0.3, 0.4) is 0 Å². The van der Waals surface area contributed by atoms with Gasteiger partial charge in [0, 0.05) is 5.57 Å². The van der Waals surface area contributed by atoms with Gasteiger partial charge in [-0.1, -0.05) is 23.8 Å². The van der Waals surface area contributed by atoms with Crippen LogP contribution in [0, 0.1) is 5.92 Å². The molecule has 0 spiro atoms. The smallest absolute Gasteiger partial charge is 0.334 e. The Balaban J connectivity index is 2.33. The molecule has 3 atom stereocenters. The van der Waals surface area contributed by atoms with E-state index in [0.29, 0.717) is 12.0 Å². The highest BCUT2D eigenvalue weighted by Crippen LogP contribution is 2.34. The molecule has 0 aromatic carbocycles. The summed E-state index contributed by atoms with van der Waals surface area (Å²) in [5, 5.41) is 10.3. The molecule has 98 valence electrons. The van der Waals surface area contributed by atoms with E-state index in [2.05, 4.69) is 12.7 Å². The van der Waals surface area contributed by atoms with Gasteiger partial charge in [0.25, 0.3) is 0 Å². The summed E-state index contributed by atoms with van der Waals surface area (Å²) in [7, 11) is 0. The number of fused-ring (bicyclic) bond motifs is 1. The van der Waals surface area contributed by atoms with E-state index in [1.54, 1.807) is 0 Å². The predicted octanol–water partition coefficient (Wildman–Crippen LogP) is 2.52. The quantitative estimate of drug-likeness (QED) is 0.407. The summed E-state index contributed by atoms with van der Waals surface area (Å²) < 4.78 is 5.29. The number of carbonyl (C=O) groups excluding carboxylic acids is 1. The van der Waals surface area contributed by atoms with Crippen LogP contribution in [0.15, 0.2) is 35.5 Å². The van der Waals surface area contributed by atoms with Crippen LogP contribution in [0.5, 0.6) is 0 Å². The minimum atomic E-state index is -0.604. The third-order valence-electron chi connectivity index (χ3n) is 3.69. The van der Waals surface area contributed by atoms with E-state index < -0.39 is 6.10 Å². The second kappa shape index (κ2) is 5.11. The normalized spacial score (nSPS) is 33.4. The van der Waals surface area contributed by atoms with Crippen molar-refractivity contribution in [2.24, 2.45) is 5.92 Å². The number of hydrogen-bond acceptors (Lipinski definition) is 3. The number of esters is 1. The third-order valence-corrected chi connectivity index (χ3v) is 3.69. The number of aliphatic hydroxyl groups excluding tert-OH is 1. The Morgan fingerprint density at radius 2 is 2.11 bits per heavy atom. The number of allylic oxidation sites excluding steroid dienone is 2. The van der Waals surface area contributed by atoms with Crippen molar-refractivity contribution in [3.63, 3.8) is 0 Å². The maximum absolute atomic E-state index is 11.6. The lowest BCUT2D eigenvalue weighted by molar-refractivity contribution is -0.137. The van der Waals surface area contributed by atoms with E-state index in [0.717, 1.165) is 18.4 Å². The van der Waals surface area contributed by atoms with Crippen molar-refractivity contribution < 1.29 is 14.6 Å². The minimum Gasteiger partial charge on any atom is -0.454 e. The van der Waals surface area contributed by atoms with E-state index >= 15 is 0 Å². The van der Waals surface area contributed by atoms with Crippen molar-refractivity contribution in [2.75, 3.05) is 0 Å². The second-order valence-corrected chi connectivity index (χ2v) is 5.29. The highest BCUT2D eigenvalue weighted by atomic mass is 16.6. The SMILES string of the molecule is C=C1C(=O)O[C@@H]2C=C(C)CCC=C(C)CC(O)[C@@H]12. The standard InChI is InChI=1S/C15H20O3/c1-9-5-4-6-10(2)8-13-14(12(16)7-9)11(3)15(17)18-13/h5,8,12-14,16H,3-4,6-7H2,1-2H3/t12?,13-,14-/m1/s1. The number of hydrogen-bond donors (Lipinski definition) is 1. The molecule has 1 N–H and O–H groups in total. The summed E-state index contributed by atoms with van der Waals surface area (Å²) in [5.41, 5.74) is 2.73. The largest absolute Gasteiger partial charge is 0.454 e. The molecule has 0 aromatic rings. The summed E-state index contributed by atoms with van der Waals surface area (Å²) >= 11 is 0. The maximum Gasteiger partial charge on any atom is 0.334 e. The van der Waals surface area contributed by atoms with E-state index in [-0.39, 0.29) is 18.0 Å². The third kappa shape index (κ3) is 2.56. The van der Waals surface area contributed by atoms with Crippen LogP contribution < -0.4 is 0 Å². The molecule has 0 aromatic heterocycles. The number of carbonyl (C=O) groups is 1. The fraction of sp³-hybridized carbons (Fsp3) is 0.533. The number of ether oxygens (including phenoxy) is 1. The first kappa shape index (κ1) is 13.1. The second-order valence-electron chi connectivity index (χ2n) is 5.29.